The van der Waals surface area contributed by atoms with Crippen molar-refractivity contribution in [1.29, 1.82) is 0 Å². The highest BCUT2D eigenvalue weighted by Crippen LogP contribution is 2.32. The van der Waals surface area contributed by atoms with Crippen LogP contribution in [0.4, 0.5) is 0 Å². The second-order valence-electron chi connectivity index (χ2n) is 5.58. The van der Waals surface area contributed by atoms with Crippen LogP contribution >= 0.6 is 0 Å². The van der Waals surface area contributed by atoms with E-state index in [0.717, 1.165) is 0 Å². The van der Waals surface area contributed by atoms with E-state index in [1.165, 1.54) is 34.5 Å². The van der Waals surface area contributed by atoms with E-state index in [2.05, 4.69) is 15.1 Å². The first-order valence-corrected chi connectivity index (χ1v) is 9.19. The van der Waals surface area contributed by atoms with Crippen molar-refractivity contribution in [3.63, 3.8) is 0 Å². The fraction of sp³-hybridized carbons (Fsp3) is 0.118. The zero-order chi connectivity index (χ0) is 18.3. The van der Waals surface area contributed by atoms with E-state index in [0.29, 0.717) is 28.3 Å². The molecule has 0 radical (unpaired) electrons. The molecule has 8 nitrogen and oxygen atoms in total. The van der Waals surface area contributed by atoms with Gasteiger partial charge in [0.15, 0.2) is 5.82 Å². The molecule has 3 aromatic heterocycles. The van der Waals surface area contributed by atoms with Crippen LogP contribution < -0.4 is 4.74 Å². The van der Waals surface area contributed by atoms with E-state index in [9.17, 15) is 8.42 Å². The van der Waals surface area contributed by atoms with Gasteiger partial charge in [0.25, 0.3) is 10.0 Å². The summed E-state index contributed by atoms with van der Waals surface area (Å²) < 4.78 is 34.3. The Labute approximate surface area is 149 Å². The van der Waals surface area contributed by atoms with E-state index >= 15 is 0 Å². The molecular weight excluding hydrogens is 354 g/mol. The van der Waals surface area contributed by atoms with Crippen LogP contribution in [0.5, 0.6) is 5.75 Å². The maximum absolute atomic E-state index is 13.1. The molecule has 0 unspecified atom stereocenters. The first kappa shape index (κ1) is 16.3. The summed E-state index contributed by atoms with van der Waals surface area (Å²) in [6, 6.07) is 9.91. The quantitative estimate of drug-likeness (QED) is 0.547. The maximum atomic E-state index is 13.1. The van der Waals surface area contributed by atoms with Crippen molar-refractivity contribution in [3.05, 3.63) is 60.9 Å². The number of methoxy groups -OCH3 is 1. The van der Waals surface area contributed by atoms with Gasteiger partial charge in [0.1, 0.15) is 23.4 Å². The summed E-state index contributed by atoms with van der Waals surface area (Å²) in [6.07, 6.45) is 4.52. The van der Waals surface area contributed by atoms with Gasteiger partial charge in [-0.15, -0.1) is 0 Å². The third-order valence-corrected chi connectivity index (χ3v) is 5.67. The van der Waals surface area contributed by atoms with Crippen LogP contribution in [-0.4, -0.2) is 39.2 Å². The van der Waals surface area contributed by atoms with Gasteiger partial charge in [0.2, 0.25) is 0 Å². The lowest BCUT2D eigenvalue weighted by Gasteiger charge is -2.11. The number of ether oxygens (including phenoxy) is 1. The Bertz CT molecular complexity index is 1200. The highest BCUT2D eigenvalue weighted by molar-refractivity contribution is 7.90. The molecule has 26 heavy (non-hydrogen) atoms. The molecule has 4 aromatic rings. The molecule has 0 saturated carbocycles. The Hall–Kier alpha value is -3.20. The fourth-order valence-corrected chi connectivity index (χ4v) is 4.14. The summed E-state index contributed by atoms with van der Waals surface area (Å²) in [5, 5.41) is 4.87. The van der Waals surface area contributed by atoms with Crippen LogP contribution in [0.1, 0.15) is 5.82 Å². The van der Waals surface area contributed by atoms with Gasteiger partial charge < -0.3 is 4.74 Å². The molecule has 0 saturated heterocycles. The molecule has 9 heteroatoms. The first-order chi connectivity index (χ1) is 12.5. The number of nitrogens with zero attached hydrogens (tertiary/aromatic N) is 5. The van der Waals surface area contributed by atoms with Gasteiger partial charge in [-0.1, -0.05) is 18.2 Å². The number of rotatable bonds is 4. The van der Waals surface area contributed by atoms with Crippen molar-refractivity contribution in [2.75, 3.05) is 7.11 Å². The molecule has 4 rings (SSSR count). The molecule has 0 aliphatic carbocycles. The monoisotopic (exact) mass is 369 g/mol. The van der Waals surface area contributed by atoms with Crippen LogP contribution in [0.25, 0.3) is 16.7 Å². The minimum atomic E-state index is -3.81. The van der Waals surface area contributed by atoms with Crippen LogP contribution in [0.15, 0.2) is 60.0 Å². The molecule has 0 bridgehead atoms. The van der Waals surface area contributed by atoms with Gasteiger partial charge in [0, 0.05) is 11.6 Å². The molecule has 0 atom stereocenters. The Kier molecular flexibility index (Phi) is 3.73. The number of aryl methyl sites for hydroxylation is 1. The SMILES string of the molecule is COc1cnc(-n2cnc(C)n2)c2c1ccn2S(=O)(=O)c1ccccc1. The molecule has 3 heterocycles. The van der Waals surface area contributed by atoms with Gasteiger partial charge in [-0.05, 0) is 25.1 Å². The van der Waals surface area contributed by atoms with E-state index in [4.69, 9.17) is 4.74 Å². The lowest BCUT2D eigenvalue weighted by atomic mass is 10.3. The highest BCUT2D eigenvalue weighted by Gasteiger charge is 2.23. The smallest absolute Gasteiger partial charge is 0.268 e. The predicted octanol–water partition coefficient (Wildman–Crippen LogP) is 2.17. The normalized spacial score (nSPS) is 11.8. The van der Waals surface area contributed by atoms with Crippen molar-refractivity contribution >= 4 is 20.9 Å². The number of fused-ring (bicyclic) bond motifs is 1. The third-order valence-electron chi connectivity index (χ3n) is 3.98. The summed E-state index contributed by atoms with van der Waals surface area (Å²) in [7, 11) is -2.30. The van der Waals surface area contributed by atoms with Crippen molar-refractivity contribution in [2.45, 2.75) is 11.8 Å². The molecule has 0 spiro atoms. The van der Waals surface area contributed by atoms with Crippen molar-refractivity contribution < 1.29 is 13.2 Å². The van der Waals surface area contributed by atoms with Gasteiger partial charge >= 0.3 is 0 Å². The third kappa shape index (κ3) is 2.44. The molecule has 1 aromatic carbocycles. The number of hydrogen-bond donors (Lipinski definition) is 0. The van der Waals surface area contributed by atoms with Gasteiger partial charge in [-0.2, -0.15) is 5.10 Å². The number of aromatic nitrogens is 5. The fourth-order valence-electron chi connectivity index (χ4n) is 2.77. The van der Waals surface area contributed by atoms with Crippen molar-refractivity contribution in [3.8, 4) is 11.6 Å². The Balaban J connectivity index is 2.05. The first-order valence-electron chi connectivity index (χ1n) is 7.75. The van der Waals surface area contributed by atoms with E-state index < -0.39 is 10.0 Å². The molecule has 132 valence electrons. The molecule has 0 aliphatic rings. The number of pyridine rings is 1. The topological polar surface area (TPSA) is 91.9 Å². The Morgan fingerprint density at radius 2 is 1.85 bits per heavy atom. The Morgan fingerprint density at radius 3 is 2.50 bits per heavy atom. The summed E-state index contributed by atoms with van der Waals surface area (Å²) in [4.78, 5) is 8.63. The van der Waals surface area contributed by atoms with Gasteiger partial charge in [0.05, 0.1) is 18.2 Å². The highest BCUT2D eigenvalue weighted by atomic mass is 32.2. The van der Waals surface area contributed by atoms with Crippen LogP contribution in [0, 0.1) is 6.92 Å². The van der Waals surface area contributed by atoms with E-state index in [1.807, 2.05) is 0 Å². The minimum absolute atomic E-state index is 0.182. The Morgan fingerprint density at radius 1 is 1.08 bits per heavy atom. The van der Waals surface area contributed by atoms with E-state index in [1.54, 1.807) is 43.3 Å². The standard InChI is InChI=1S/C17H15N5O3S/c1-12-19-11-21(20-12)17-16-14(15(25-2)10-18-17)8-9-22(16)26(23,24)13-6-4-3-5-7-13/h3-11H,1-2H3. The summed E-state index contributed by atoms with van der Waals surface area (Å²) in [6.45, 7) is 1.75. The average Bonchev–Trinajstić information content (AvgIpc) is 3.28. The van der Waals surface area contributed by atoms with E-state index in [-0.39, 0.29) is 4.90 Å². The van der Waals surface area contributed by atoms with Crippen LogP contribution in [-0.2, 0) is 10.0 Å². The van der Waals surface area contributed by atoms with Gasteiger partial charge in [-0.3, -0.25) is 0 Å². The molecule has 0 fully saturated rings. The zero-order valence-corrected chi connectivity index (χ0v) is 14.9. The minimum Gasteiger partial charge on any atom is -0.494 e. The van der Waals surface area contributed by atoms with Crippen molar-refractivity contribution in [2.24, 2.45) is 0 Å². The predicted molar refractivity (Wildman–Crippen MR) is 95.0 cm³/mol. The number of benzene rings is 1. The van der Waals surface area contributed by atoms with Crippen molar-refractivity contribution in [1.82, 2.24) is 23.7 Å². The lowest BCUT2D eigenvalue weighted by molar-refractivity contribution is 0.418. The summed E-state index contributed by atoms with van der Waals surface area (Å²) in [5.41, 5.74) is 0.373. The zero-order valence-electron chi connectivity index (χ0n) is 14.1. The van der Waals surface area contributed by atoms with Crippen LogP contribution in [0.3, 0.4) is 0 Å². The molecule has 0 amide bonds. The average molecular weight is 369 g/mol. The second kappa shape index (κ2) is 5.95. The largest absolute Gasteiger partial charge is 0.494 e. The van der Waals surface area contributed by atoms with Crippen LogP contribution in [0.2, 0.25) is 0 Å². The second-order valence-corrected chi connectivity index (χ2v) is 7.39. The maximum Gasteiger partial charge on any atom is 0.268 e. The molecule has 0 aliphatic heterocycles. The molecule has 0 N–H and O–H groups in total. The van der Waals surface area contributed by atoms with Gasteiger partial charge in [-0.25, -0.2) is 27.0 Å². The number of hydrogen-bond acceptors (Lipinski definition) is 6. The summed E-state index contributed by atoms with van der Waals surface area (Å²) in [5.74, 6) is 1.38. The lowest BCUT2D eigenvalue weighted by Crippen LogP contribution is -2.14. The molecular formula is C17H15N5O3S. The summed E-state index contributed by atoms with van der Waals surface area (Å²) >= 11 is 0.